The number of carbonyl (C=O) groups is 1. The van der Waals surface area contributed by atoms with E-state index in [1.807, 2.05) is 32.0 Å². The summed E-state index contributed by atoms with van der Waals surface area (Å²) in [6, 6.07) is 12.3. The van der Waals surface area contributed by atoms with E-state index in [-0.39, 0.29) is 23.3 Å². The topological polar surface area (TPSA) is 101 Å². The van der Waals surface area contributed by atoms with Crippen molar-refractivity contribution < 1.29 is 17.9 Å². The van der Waals surface area contributed by atoms with Crippen LogP contribution in [-0.2, 0) is 14.8 Å². The number of hydrogen-bond acceptors (Lipinski definition) is 6. The molecule has 2 N–H and O–H groups in total. The molecule has 1 unspecified atom stereocenters. The van der Waals surface area contributed by atoms with E-state index in [0.29, 0.717) is 49.9 Å². The summed E-state index contributed by atoms with van der Waals surface area (Å²) in [5, 5.41) is 7.85. The third kappa shape index (κ3) is 5.91. The fourth-order valence-electron chi connectivity index (χ4n) is 4.43. The third-order valence-corrected chi connectivity index (χ3v) is 8.38. The lowest BCUT2D eigenvalue weighted by molar-refractivity contribution is -0.125. The van der Waals surface area contributed by atoms with Gasteiger partial charge in [-0.1, -0.05) is 11.6 Å². The van der Waals surface area contributed by atoms with Crippen LogP contribution in [0, 0.1) is 12.8 Å². The SMILES string of the molecule is CCOc1ccc(S(=O)(=O)N2CCCC(C(=O)NCCNc3ccnc4cc(Cl)ccc34)C2)cc1C. The van der Waals surface area contributed by atoms with Gasteiger partial charge in [0.1, 0.15) is 5.75 Å². The molecule has 10 heteroatoms. The Bertz CT molecular complexity index is 1350. The van der Waals surface area contributed by atoms with Gasteiger partial charge in [-0.25, -0.2) is 8.42 Å². The average Bonchev–Trinajstić information content (AvgIpc) is 2.87. The molecule has 1 fully saturated rings. The zero-order chi connectivity index (χ0) is 25.7. The van der Waals surface area contributed by atoms with Gasteiger partial charge in [-0.2, -0.15) is 4.31 Å². The summed E-state index contributed by atoms with van der Waals surface area (Å²) in [6.45, 7) is 5.73. The highest BCUT2D eigenvalue weighted by Crippen LogP contribution is 2.28. The molecule has 192 valence electrons. The smallest absolute Gasteiger partial charge is 0.243 e. The van der Waals surface area contributed by atoms with Crippen molar-refractivity contribution in [1.29, 1.82) is 0 Å². The van der Waals surface area contributed by atoms with E-state index in [0.717, 1.165) is 22.2 Å². The molecule has 1 aromatic heterocycles. The van der Waals surface area contributed by atoms with Crippen LogP contribution in [0.3, 0.4) is 0 Å². The lowest BCUT2D eigenvalue weighted by Gasteiger charge is -2.31. The van der Waals surface area contributed by atoms with Crippen molar-refractivity contribution in [3.05, 3.63) is 59.2 Å². The van der Waals surface area contributed by atoms with Crippen LogP contribution in [0.1, 0.15) is 25.3 Å². The fourth-order valence-corrected chi connectivity index (χ4v) is 6.20. The van der Waals surface area contributed by atoms with Crippen molar-refractivity contribution in [2.45, 2.75) is 31.6 Å². The highest BCUT2D eigenvalue weighted by molar-refractivity contribution is 7.89. The first-order chi connectivity index (χ1) is 17.3. The van der Waals surface area contributed by atoms with Crippen molar-refractivity contribution in [3.63, 3.8) is 0 Å². The Morgan fingerprint density at radius 1 is 1.19 bits per heavy atom. The number of ether oxygens (including phenoxy) is 1. The Hall–Kier alpha value is -2.88. The van der Waals surface area contributed by atoms with Crippen LogP contribution in [-0.4, -0.2) is 56.4 Å². The van der Waals surface area contributed by atoms with Crippen molar-refractivity contribution in [1.82, 2.24) is 14.6 Å². The molecular formula is C26H31ClN4O4S. The molecule has 2 aromatic carbocycles. The minimum absolute atomic E-state index is 0.133. The van der Waals surface area contributed by atoms with Gasteiger partial charge < -0.3 is 15.4 Å². The zero-order valence-electron chi connectivity index (χ0n) is 20.5. The van der Waals surface area contributed by atoms with Crippen molar-refractivity contribution in [2.75, 3.05) is 38.1 Å². The Balaban J connectivity index is 1.33. The van der Waals surface area contributed by atoms with Gasteiger partial charge in [-0.15, -0.1) is 0 Å². The van der Waals surface area contributed by atoms with Crippen molar-refractivity contribution >= 4 is 44.1 Å². The van der Waals surface area contributed by atoms with Gasteiger partial charge in [0.2, 0.25) is 15.9 Å². The van der Waals surface area contributed by atoms with Gasteiger partial charge in [0.25, 0.3) is 0 Å². The van der Waals surface area contributed by atoms with Crippen LogP contribution in [0.2, 0.25) is 5.02 Å². The van der Waals surface area contributed by atoms with Gasteiger partial charge in [-0.3, -0.25) is 9.78 Å². The lowest BCUT2D eigenvalue weighted by Crippen LogP contribution is -2.46. The third-order valence-electron chi connectivity index (χ3n) is 6.28. The minimum atomic E-state index is -3.70. The fraction of sp³-hybridized carbons (Fsp3) is 0.385. The molecule has 0 bridgehead atoms. The van der Waals surface area contributed by atoms with E-state index in [1.165, 1.54) is 4.31 Å². The molecule has 8 nitrogen and oxygen atoms in total. The average molecular weight is 531 g/mol. The maximum atomic E-state index is 13.3. The van der Waals surface area contributed by atoms with Crippen LogP contribution >= 0.6 is 11.6 Å². The summed E-state index contributed by atoms with van der Waals surface area (Å²) in [7, 11) is -3.70. The Labute approximate surface area is 217 Å². The van der Waals surface area contributed by atoms with E-state index in [4.69, 9.17) is 16.3 Å². The van der Waals surface area contributed by atoms with Crippen LogP contribution in [0.5, 0.6) is 5.75 Å². The van der Waals surface area contributed by atoms with Crippen molar-refractivity contribution in [3.8, 4) is 5.75 Å². The van der Waals surface area contributed by atoms with Crippen LogP contribution in [0.4, 0.5) is 5.69 Å². The standard InChI is InChI=1S/C26H31ClN4O4S/c1-3-35-25-9-7-21(15-18(25)2)36(33,34)31-14-4-5-19(17-31)26(32)30-13-12-29-23-10-11-28-24-16-20(27)6-8-22(23)24/h6-11,15-16,19H,3-5,12-14,17H2,1-2H3,(H,28,29)(H,30,32). The summed E-state index contributed by atoms with van der Waals surface area (Å²) < 4.78 is 33.4. The number of halogens is 1. The monoisotopic (exact) mass is 530 g/mol. The Morgan fingerprint density at radius 3 is 2.81 bits per heavy atom. The van der Waals surface area contributed by atoms with Gasteiger partial charge in [0.15, 0.2) is 0 Å². The number of rotatable bonds is 9. The van der Waals surface area contributed by atoms with E-state index >= 15 is 0 Å². The van der Waals surface area contributed by atoms with Crippen LogP contribution in [0.15, 0.2) is 53.6 Å². The number of aromatic nitrogens is 1. The second-order valence-electron chi connectivity index (χ2n) is 8.80. The summed E-state index contributed by atoms with van der Waals surface area (Å²) in [6.07, 6.45) is 3.00. The number of fused-ring (bicyclic) bond motifs is 1. The van der Waals surface area contributed by atoms with Gasteiger partial charge in [0, 0.05) is 48.5 Å². The molecule has 1 atom stereocenters. The maximum absolute atomic E-state index is 13.3. The van der Waals surface area contributed by atoms with Gasteiger partial charge >= 0.3 is 0 Å². The molecule has 1 aliphatic heterocycles. The molecule has 0 saturated carbocycles. The summed E-state index contributed by atoms with van der Waals surface area (Å²) >= 11 is 6.05. The van der Waals surface area contributed by atoms with Gasteiger partial charge in [0.05, 0.1) is 22.9 Å². The largest absolute Gasteiger partial charge is 0.494 e. The number of piperidine rings is 1. The molecular weight excluding hydrogens is 500 g/mol. The first-order valence-corrected chi connectivity index (χ1v) is 13.9. The van der Waals surface area contributed by atoms with Gasteiger partial charge in [-0.05, 0) is 74.7 Å². The van der Waals surface area contributed by atoms with Crippen LogP contribution < -0.4 is 15.4 Å². The number of amides is 1. The second-order valence-corrected chi connectivity index (χ2v) is 11.2. The Kier molecular flexibility index (Phi) is 8.33. The molecule has 0 aliphatic carbocycles. The molecule has 0 spiro atoms. The number of nitrogens with zero attached hydrogens (tertiary/aromatic N) is 2. The predicted octanol–water partition coefficient (Wildman–Crippen LogP) is 4.22. The molecule has 1 amide bonds. The van der Waals surface area contributed by atoms with E-state index in [2.05, 4.69) is 15.6 Å². The first kappa shape index (κ1) is 26.2. The number of carbonyl (C=O) groups excluding carboxylic acids is 1. The summed E-state index contributed by atoms with van der Waals surface area (Å²) in [5.74, 6) is 0.150. The van der Waals surface area contributed by atoms with E-state index < -0.39 is 10.0 Å². The zero-order valence-corrected chi connectivity index (χ0v) is 22.0. The Morgan fingerprint density at radius 2 is 2.03 bits per heavy atom. The number of benzene rings is 2. The molecule has 1 saturated heterocycles. The second kappa shape index (κ2) is 11.5. The molecule has 3 aromatic rings. The maximum Gasteiger partial charge on any atom is 0.243 e. The number of anilines is 1. The number of nitrogens with one attached hydrogen (secondary N) is 2. The molecule has 4 rings (SSSR count). The molecule has 0 radical (unpaired) electrons. The van der Waals surface area contributed by atoms with Crippen LogP contribution in [0.25, 0.3) is 10.9 Å². The number of pyridine rings is 1. The minimum Gasteiger partial charge on any atom is -0.494 e. The van der Waals surface area contributed by atoms with E-state index in [1.54, 1.807) is 30.5 Å². The van der Waals surface area contributed by atoms with Crippen molar-refractivity contribution in [2.24, 2.45) is 5.92 Å². The highest BCUT2D eigenvalue weighted by Gasteiger charge is 2.33. The first-order valence-electron chi connectivity index (χ1n) is 12.1. The number of aryl methyl sites for hydroxylation is 1. The predicted molar refractivity (Wildman–Crippen MR) is 142 cm³/mol. The normalized spacial score (nSPS) is 16.6. The summed E-state index contributed by atoms with van der Waals surface area (Å²) in [4.78, 5) is 17.4. The summed E-state index contributed by atoms with van der Waals surface area (Å²) in [5.41, 5.74) is 2.47. The van der Waals surface area contributed by atoms with E-state index in [9.17, 15) is 13.2 Å². The molecule has 1 aliphatic rings. The lowest BCUT2D eigenvalue weighted by atomic mass is 9.99. The number of hydrogen-bond donors (Lipinski definition) is 2. The quantitative estimate of drug-likeness (QED) is 0.402. The molecule has 36 heavy (non-hydrogen) atoms. The molecule has 2 heterocycles. The highest BCUT2D eigenvalue weighted by atomic mass is 35.5. The number of sulfonamides is 1.